The smallest absolute Gasteiger partial charge is 0.373 e. The zero-order valence-electron chi connectivity index (χ0n) is 72.3. The van der Waals surface area contributed by atoms with Gasteiger partial charge in [-0.1, -0.05) is 284 Å². The molecule has 0 atom stereocenters. The lowest BCUT2D eigenvalue weighted by Crippen LogP contribution is -2.88. The summed E-state index contributed by atoms with van der Waals surface area (Å²) in [6, 6.07) is 80.7. The van der Waals surface area contributed by atoms with Crippen molar-refractivity contribution in [1.82, 2.24) is 120 Å². The standard InChI is InChI=1S/C88H96N24O12Si8/c1-9-33-73(34-10-1)81-65-105(97-89-81)49-25-57-125-113-126(58-26-50-106-66-82(90-98-106)74-35-11-2-12-36-74)116-129(61-29-53-109-69-85(93-101-109)77-41-17-5-18-42-77)118-127(114-125,59-27-51-107-67-83(91-99-107)75-37-13-3-14-38-75)120-131(63-31-55-111-71-87(95-103-111)79-45-21-7-22-46-79)121-128(115-125,60-28-52-108-68-84(92-100-108)76-39-15-4-16-40-76)119-130(117-126,62-30-54-110-70-86(94-102-110)78-43-19-6-20-44-78)123-132(122-129,124-131)64-32-56-112-72-88(96-104-112)80-47-23-8-24-48-80/h1-24,33-48,65-72H,25-32,49-64H2. The van der Waals surface area contributed by atoms with E-state index in [2.05, 4.69) is 0 Å². The van der Waals surface area contributed by atoms with Crippen molar-refractivity contribution in [2.45, 2.75) is 152 Å². The van der Waals surface area contributed by atoms with Gasteiger partial charge in [-0.2, -0.15) is 0 Å². The van der Waals surface area contributed by atoms with E-state index in [0.717, 1.165) is 44.5 Å². The molecule has 132 heavy (non-hydrogen) atoms. The fourth-order valence-electron chi connectivity index (χ4n) is 17.4. The van der Waals surface area contributed by atoms with Crippen molar-refractivity contribution in [2.24, 2.45) is 0 Å². The second kappa shape index (κ2) is 38.4. The van der Waals surface area contributed by atoms with Crippen molar-refractivity contribution in [3.8, 4) is 90.1 Å². The van der Waals surface area contributed by atoms with E-state index in [1.807, 2.05) is 330 Å². The molecule has 0 radical (unpaired) electrons. The van der Waals surface area contributed by atoms with Crippen LogP contribution in [0.25, 0.3) is 90.1 Å². The molecule has 0 N–H and O–H groups in total. The van der Waals surface area contributed by atoms with Crippen LogP contribution in [0.2, 0.25) is 48.4 Å². The van der Waals surface area contributed by atoms with Crippen LogP contribution in [0.1, 0.15) is 51.4 Å². The fraction of sp³-hybridized carbons (Fsp3) is 0.273. The van der Waals surface area contributed by atoms with Gasteiger partial charge in [0.15, 0.2) is 0 Å². The number of hydrogen-bond donors (Lipinski definition) is 0. The van der Waals surface area contributed by atoms with Gasteiger partial charge in [-0.3, -0.25) is 37.5 Å². The van der Waals surface area contributed by atoms with Crippen molar-refractivity contribution < 1.29 is 49.4 Å². The molecule has 8 aromatic carbocycles. The van der Waals surface area contributed by atoms with Gasteiger partial charge in [0.25, 0.3) is 0 Å². The highest BCUT2D eigenvalue weighted by molar-refractivity contribution is 7.03. The van der Waals surface area contributed by atoms with Crippen molar-refractivity contribution in [3.05, 3.63) is 292 Å². The van der Waals surface area contributed by atoms with Gasteiger partial charge in [0.1, 0.15) is 45.6 Å². The highest BCUT2D eigenvalue weighted by atomic mass is 28.6. The minimum absolute atomic E-state index is 0.101. The number of aryl methyl sites for hydroxylation is 8. The number of nitrogens with zero attached hydrogens (tertiary/aromatic N) is 24. The van der Waals surface area contributed by atoms with Crippen LogP contribution >= 0.6 is 0 Å². The monoisotopic (exact) mass is 1900 g/mol. The minimum atomic E-state index is -4.83. The largest absolute Gasteiger partial charge is 0.478 e. The second-order valence-electron chi connectivity index (χ2n) is 33.4. The van der Waals surface area contributed by atoms with E-state index in [-0.39, 0.29) is 48.4 Å². The summed E-state index contributed by atoms with van der Waals surface area (Å²) in [5, 5.41) is 75.8. The first kappa shape index (κ1) is 86.8. The summed E-state index contributed by atoms with van der Waals surface area (Å²) in [5.74, 6) is 0. The van der Waals surface area contributed by atoms with E-state index in [0.29, 0.717) is 149 Å². The third kappa shape index (κ3) is 20.1. The molecule has 6 aliphatic heterocycles. The molecule has 6 saturated heterocycles. The molecule has 8 aromatic heterocycles. The van der Waals surface area contributed by atoms with Crippen LogP contribution in [0.5, 0.6) is 0 Å². The Bertz CT molecular complexity index is 5250. The van der Waals surface area contributed by atoms with Crippen molar-refractivity contribution in [1.29, 1.82) is 0 Å². The maximum absolute atomic E-state index is 8.64. The summed E-state index contributed by atoms with van der Waals surface area (Å²) in [5.41, 5.74) is 12.9. The summed E-state index contributed by atoms with van der Waals surface area (Å²) in [4.78, 5) is 0. The maximum atomic E-state index is 8.64. The lowest BCUT2D eigenvalue weighted by molar-refractivity contribution is -0.0316. The molecular formula is C88H96N24O12Si8. The Kier molecular flexibility index (Phi) is 25.2. The third-order valence-corrected chi connectivity index (χ3v) is 61.1. The van der Waals surface area contributed by atoms with Crippen LogP contribution in [0.3, 0.4) is 0 Å². The highest BCUT2D eigenvalue weighted by Gasteiger charge is 2.83. The summed E-state index contributed by atoms with van der Waals surface area (Å²) in [6.07, 6.45) is 18.3. The van der Waals surface area contributed by atoms with E-state index < -0.39 is 70.4 Å². The van der Waals surface area contributed by atoms with E-state index in [4.69, 9.17) is 132 Å². The summed E-state index contributed by atoms with van der Waals surface area (Å²) in [6.45, 7) is 2.62. The third-order valence-electron chi connectivity index (χ3n) is 23.6. The quantitative estimate of drug-likeness (QED) is 0.0322. The van der Waals surface area contributed by atoms with Gasteiger partial charge in [-0.15, -0.1) is 40.8 Å². The molecule has 0 amide bonds. The molecule has 0 spiro atoms. The van der Waals surface area contributed by atoms with E-state index in [1.54, 1.807) is 0 Å². The summed E-state index contributed by atoms with van der Waals surface area (Å²) < 4.78 is 118. The van der Waals surface area contributed by atoms with Gasteiger partial charge in [-0.25, -0.2) is 0 Å². The van der Waals surface area contributed by atoms with Gasteiger partial charge in [-0.05, 0) is 51.4 Å². The normalized spacial score (nSPS) is 23.2. The molecule has 6 aliphatic rings. The van der Waals surface area contributed by atoms with Crippen LogP contribution in [-0.4, -0.2) is 190 Å². The first-order valence-electron chi connectivity index (χ1n) is 44.9. The average molecular weight is 1910 g/mol. The molecule has 0 aliphatic carbocycles. The van der Waals surface area contributed by atoms with Crippen LogP contribution in [0.15, 0.2) is 292 Å². The Balaban J connectivity index is 0.754. The van der Waals surface area contributed by atoms with E-state index in [1.165, 1.54) is 0 Å². The molecular weight excluding hydrogens is 1810 g/mol. The summed E-state index contributed by atoms with van der Waals surface area (Å²) >= 11 is 0. The number of aromatic nitrogens is 24. The number of hydrogen-bond acceptors (Lipinski definition) is 28. The molecule has 36 nitrogen and oxygen atoms in total. The molecule has 6 fully saturated rings. The molecule has 14 heterocycles. The Hall–Kier alpha value is -11.9. The van der Waals surface area contributed by atoms with Gasteiger partial charge in [0.05, 0.1) is 49.6 Å². The minimum Gasteiger partial charge on any atom is -0.373 e. The van der Waals surface area contributed by atoms with E-state index in [9.17, 15) is 0 Å². The van der Waals surface area contributed by atoms with Gasteiger partial charge in [0.2, 0.25) is 0 Å². The topological polar surface area (TPSA) is 356 Å². The molecule has 8 bridgehead atoms. The molecule has 0 saturated carbocycles. The Morgan fingerprint density at radius 2 is 0.258 bits per heavy atom. The molecule has 16 aromatic rings. The Morgan fingerprint density at radius 3 is 0.364 bits per heavy atom. The molecule has 0 unspecified atom stereocenters. The van der Waals surface area contributed by atoms with Crippen LogP contribution < -0.4 is 0 Å². The molecule has 22 rings (SSSR count). The number of benzene rings is 8. The predicted octanol–water partition coefficient (Wildman–Crippen LogP) is 14.6. The van der Waals surface area contributed by atoms with E-state index >= 15 is 0 Å². The maximum Gasteiger partial charge on any atom is 0.478 e. The Morgan fingerprint density at radius 1 is 0.152 bits per heavy atom. The van der Waals surface area contributed by atoms with Crippen LogP contribution in [0.4, 0.5) is 0 Å². The zero-order valence-corrected chi connectivity index (χ0v) is 80.3. The van der Waals surface area contributed by atoms with Gasteiger partial charge in [0, 0.05) is 145 Å². The Labute approximate surface area is 769 Å². The average Bonchev–Trinajstić information content (AvgIpc) is 1.04. The van der Waals surface area contributed by atoms with Crippen LogP contribution in [-0.2, 0) is 102 Å². The highest BCUT2D eigenvalue weighted by Crippen LogP contribution is 2.55. The molecule has 44 heteroatoms. The lowest BCUT2D eigenvalue weighted by Gasteiger charge is -2.63. The lowest BCUT2D eigenvalue weighted by atomic mass is 10.2. The van der Waals surface area contributed by atoms with Gasteiger partial charge >= 0.3 is 70.4 Å². The first-order valence-corrected chi connectivity index (χ1v) is 60.4. The predicted molar refractivity (Wildman–Crippen MR) is 498 cm³/mol. The van der Waals surface area contributed by atoms with Crippen LogP contribution in [0, 0.1) is 0 Å². The zero-order chi connectivity index (χ0) is 88.6. The van der Waals surface area contributed by atoms with Crippen molar-refractivity contribution in [3.63, 3.8) is 0 Å². The van der Waals surface area contributed by atoms with Gasteiger partial charge < -0.3 is 49.4 Å². The van der Waals surface area contributed by atoms with Crippen molar-refractivity contribution >= 4 is 70.4 Å². The first-order chi connectivity index (χ1) is 64.8. The second-order valence-corrected chi connectivity index (χ2v) is 58.1. The fourth-order valence-corrected chi connectivity index (χ4v) is 67.7. The molecule has 672 valence electrons. The van der Waals surface area contributed by atoms with Crippen molar-refractivity contribution in [2.75, 3.05) is 0 Å². The SMILES string of the molecule is c1ccc(-c2cn(CCC[Si]34O[Si]5(CCCn6cc(-c7ccccc7)nn6)O[Si]6(CCCn7cc(-c8ccccc8)nn7)O[Si](CCCn7cc(-c8ccccc8)nn7)(O3)O[Si]3(CCCn7cc(-c8ccccc8)nn7)O[Si](CCCn7cc(-c8ccccc8)nn7)(O4)O[Si](CCCn4cc(-c7ccccc7)nn4)(O5)O[Si](CCCn4cc(-c5ccccc5)nn4)(O6)O3)nn2)cc1. The number of rotatable bonds is 40. The summed E-state index contributed by atoms with van der Waals surface area (Å²) in [7, 11) is -38.6.